The standard InChI is InChI=1S/C20H22N4O2/c1-3-23(13-17-9-11-18(26-2)12-10-17)20(25)19-15-24(22-21-19)14-16-7-5-4-6-8-16/h4-12,15H,3,13-14H2,1-2H3. The summed E-state index contributed by atoms with van der Waals surface area (Å²) in [5.41, 5.74) is 2.51. The molecule has 0 radical (unpaired) electrons. The summed E-state index contributed by atoms with van der Waals surface area (Å²) < 4.78 is 6.85. The molecule has 0 fully saturated rings. The number of aromatic nitrogens is 3. The van der Waals surface area contributed by atoms with Crippen LogP contribution in [-0.2, 0) is 13.1 Å². The summed E-state index contributed by atoms with van der Waals surface area (Å²) in [5, 5.41) is 8.13. The van der Waals surface area contributed by atoms with E-state index in [1.54, 1.807) is 22.9 Å². The first-order valence-corrected chi connectivity index (χ1v) is 8.56. The van der Waals surface area contributed by atoms with Crippen LogP contribution in [0.5, 0.6) is 5.75 Å². The smallest absolute Gasteiger partial charge is 0.276 e. The Morgan fingerprint density at radius 1 is 1.08 bits per heavy atom. The normalized spacial score (nSPS) is 10.5. The van der Waals surface area contributed by atoms with Crippen LogP contribution < -0.4 is 4.74 Å². The zero-order valence-electron chi connectivity index (χ0n) is 15.0. The van der Waals surface area contributed by atoms with Crippen molar-refractivity contribution in [2.24, 2.45) is 0 Å². The van der Waals surface area contributed by atoms with Crippen LogP contribution in [0.15, 0.2) is 60.8 Å². The van der Waals surface area contributed by atoms with E-state index in [9.17, 15) is 4.79 Å². The fraction of sp³-hybridized carbons (Fsp3) is 0.250. The van der Waals surface area contributed by atoms with E-state index < -0.39 is 0 Å². The molecule has 0 bridgehead atoms. The van der Waals surface area contributed by atoms with Gasteiger partial charge in [-0.05, 0) is 30.2 Å². The van der Waals surface area contributed by atoms with Gasteiger partial charge >= 0.3 is 0 Å². The first-order valence-electron chi connectivity index (χ1n) is 8.56. The van der Waals surface area contributed by atoms with E-state index in [-0.39, 0.29) is 5.91 Å². The quantitative estimate of drug-likeness (QED) is 0.657. The molecule has 0 unspecified atom stereocenters. The van der Waals surface area contributed by atoms with E-state index >= 15 is 0 Å². The first kappa shape index (κ1) is 17.7. The summed E-state index contributed by atoms with van der Waals surface area (Å²) in [4.78, 5) is 14.5. The lowest BCUT2D eigenvalue weighted by Crippen LogP contribution is -2.30. The number of hydrogen-bond acceptors (Lipinski definition) is 4. The van der Waals surface area contributed by atoms with E-state index in [4.69, 9.17) is 4.74 Å². The third-order valence-corrected chi connectivity index (χ3v) is 4.15. The van der Waals surface area contributed by atoms with Gasteiger partial charge in [0.05, 0.1) is 19.9 Å². The molecule has 3 aromatic rings. The van der Waals surface area contributed by atoms with E-state index in [1.165, 1.54) is 0 Å². The Labute approximate surface area is 153 Å². The van der Waals surface area contributed by atoms with Crippen LogP contribution in [0, 0.1) is 0 Å². The summed E-state index contributed by atoms with van der Waals surface area (Å²) >= 11 is 0. The van der Waals surface area contributed by atoms with Crippen molar-refractivity contribution in [2.45, 2.75) is 20.0 Å². The predicted molar refractivity (Wildman–Crippen MR) is 99.0 cm³/mol. The minimum absolute atomic E-state index is 0.123. The lowest BCUT2D eigenvalue weighted by Gasteiger charge is -2.19. The molecule has 0 aliphatic carbocycles. The first-order chi connectivity index (χ1) is 12.7. The second-order valence-electron chi connectivity index (χ2n) is 5.95. The number of carbonyl (C=O) groups is 1. The monoisotopic (exact) mass is 350 g/mol. The molecule has 0 saturated carbocycles. The molecule has 1 heterocycles. The van der Waals surface area contributed by atoms with Crippen molar-refractivity contribution in [3.05, 3.63) is 77.6 Å². The topological polar surface area (TPSA) is 60.2 Å². The number of benzene rings is 2. The molecule has 0 aliphatic heterocycles. The maximum absolute atomic E-state index is 12.8. The Balaban J connectivity index is 1.68. The number of carbonyl (C=O) groups excluding carboxylic acids is 1. The van der Waals surface area contributed by atoms with Gasteiger partial charge in [-0.1, -0.05) is 47.7 Å². The molecule has 134 valence electrons. The fourth-order valence-electron chi connectivity index (χ4n) is 2.68. The van der Waals surface area contributed by atoms with Gasteiger partial charge in [0.2, 0.25) is 0 Å². The highest BCUT2D eigenvalue weighted by atomic mass is 16.5. The summed E-state index contributed by atoms with van der Waals surface area (Å²) in [7, 11) is 1.63. The summed E-state index contributed by atoms with van der Waals surface area (Å²) in [6, 6.07) is 17.7. The van der Waals surface area contributed by atoms with Crippen LogP contribution in [0.4, 0.5) is 0 Å². The molecule has 26 heavy (non-hydrogen) atoms. The molecule has 6 heteroatoms. The summed E-state index contributed by atoms with van der Waals surface area (Å²) in [5.74, 6) is 0.676. The molecule has 0 spiro atoms. The maximum atomic E-state index is 12.8. The molecule has 3 rings (SSSR count). The minimum atomic E-state index is -0.123. The van der Waals surface area contributed by atoms with E-state index in [0.29, 0.717) is 25.3 Å². The molecule has 0 saturated heterocycles. The number of ether oxygens (including phenoxy) is 1. The molecule has 1 amide bonds. The van der Waals surface area contributed by atoms with E-state index in [2.05, 4.69) is 10.3 Å². The summed E-state index contributed by atoms with van der Waals surface area (Å²) in [6.07, 6.45) is 1.70. The third kappa shape index (κ3) is 4.27. The van der Waals surface area contributed by atoms with Gasteiger partial charge in [0.1, 0.15) is 5.75 Å². The molecular weight excluding hydrogens is 328 g/mol. The summed E-state index contributed by atoms with van der Waals surface area (Å²) in [6.45, 7) is 3.66. The Kier molecular flexibility index (Phi) is 5.63. The Morgan fingerprint density at radius 2 is 1.81 bits per heavy atom. The maximum Gasteiger partial charge on any atom is 0.276 e. The highest BCUT2D eigenvalue weighted by Gasteiger charge is 2.18. The number of methoxy groups -OCH3 is 1. The number of amides is 1. The van der Waals surface area contributed by atoms with Gasteiger partial charge in [-0.15, -0.1) is 5.10 Å². The second-order valence-corrected chi connectivity index (χ2v) is 5.95. The molecule has 0 aliphatic rings. The second kappa shape index (κ2) is 8.29. The van der Waals surface area contributed by atoms with Crippen molar-refractivity contribution in [2.75, 3.05) is 13.7 Å². The Hall–Kier alpha value is -3.15. The molecular formula is C20H22N4O2. The van der Waals surface area contributed by atoms with Gasteiger partial charge < -0.3 is 9.64 Å². The van der Waals surface area contributed by atoms with Crippen LogP contribution in [0.2, 0.25) is 0 Å². The predicted octanol–water partition coefficient (Wildman–Crippen LogP) is 3.00. The van der Waals surface area contributed by atoms with Crippen molar-refractivity contribution < 1.29 is 9.53 Å². The van der Waals surface area contributed by atoms with Crippen LogP contribution >= 0.6 is 0 Å². The van der Waals surface area contributed by atoms with E-state index in [0.717, 1.165) is 16.9 Å². The van der Waals surface area contributed by atoms with Crippen LogP contribution in [0.1, 0.15) is 28.5 Å². The Morgan fingerprint density at radius 3 is 2.46 bits per heavy atom. The molecule has 2 aromatic carbocycles. The van der Waals surface area contributed by atoms with Gasteiger partial charge in [0, 0.05) is 13.1 Å². The van der Waals surface area contributed by atoms with Gasteiger partial charge in [-0.2, -0.15) is 0 Å². The van der Waals surface area contributed by atoms with Crippen molar-refractivity contribution in [3.63, 3.8) is 0 Å². The number of rotatable bonds is 7. The SMILES string of the molecule is CCN(Cc1ccc(OC)cc1)C(=O)c1cn(Cc2ccccc2)nn1. The van der Waals surface area contributed by atoms with Crippen molar-refractivity contribution in [1.29, 1.82) is 0 Å². The van der Waals surface area contributed by atoms with Gasteiger partial charge in [0.25, 0.3) is 5.91 Å². The third-order valence-electron chi connectivity index (χ3n) is 4.15. The average Bonchev–Trinajstić information content (AvgIpc) is 3.15. The zero-order valence-corrected chi connectivity index (χ0v) is 15.0. The molecule has 0 atom stereocenters. The van der Waals surface area contributed by atoms with Crippen molar-refractivity contribution in [1.82, 2.24) is 19.9 Å². The number of hydrogen-bond donors (Lipinski definition) is 0. The lowest BCUT2D eigenvalue weighted by molar-refractivity contribution is 0.0746. The Bertz CT molecular complexity index is 844. The van der Waals surface area contributed by atoms with Crippen LogP contribution in [-0.4, -0.2) is 39.5 Å². The highest BCUT2D eigenvalue weighted by Crippen LogP contribution is 2.14. The van der Waals surface area contributed by atoms with Crippen LogP contribution in [0.3, 0.4) is 0 Å². The van der Waals surface area contributed by atoms with Crippen LogP contribution in [0.25, 0.3) is 0 Å². The van der Waals surface area contributed by atoms with Gasteiger partial charge in [-0.25, -0.2) is 4.68 Å². The minimum Gasteiger partial charge on any atom is -0.497 e. The van der Waals surface area contributed by atoms with Gasteiger partial charge in [0.15, 0.2) is 5.69 Å². The largest absolute Gasteiger partial charge is 0.497 e. The number of nitrogens with zero attached hydrogens (tertiary/aromatic N) is 4. The molecule has 6 nitrogen and oxygen atoms in total. The van der Waals surface area contributed by atoms with Crippen molar-refractivity contribution in [3.8, 4) is 5.75 Å². The average molecular weight is 350 g/mol. The fourth-order valence-corrected chi connectivity index (χ4v) is 2.68. The van der Waals surface area contributed by atoms with Crippen molar-refractivity contribution >= 4 is 5.91 Å². The molecule has 0 N–H and O–H groups in total. The van der Waals surface area contributed by atoms with E-state index in [1.807, 2.05) is 61.5 Å². The molecule has 1 aromatic heterocycles. The zero-order chi connectivity index (χ0) is 18.4. The van der Waals surface area contributed by atoms with Gasteiger partial charge in [-0.3, -0.25) is 4.79 Å². The lowest BCUT2D eigenvalue weighted by atomic mass is 10.2. The highest BCUT2D eigenvalue weighted by molar-refractivity contribution is 5.91.